The van der Waals surface area contributed by atoms with Crippen molar-refractivity contribution < 1.29 is 4.74 Å². The van der Waals surface area contributed by atoms with Gasteiger partial charge in [-0.3, -0.25) is 0 Å². The van der Waals surface area contributed by atoms with Crippen LogP contribution >= 0.6 is 0 Å². The number of ether oxygens (including phenoxy) is 1. The Bertz CT molecular complexity index is 301. The van der Waals surface area contributed by atoms with Crippen molar-refractivity contribution in [2.24, 2.45) is 5.73 Å². The smallest absolute Gasteiger partial charge is 0.168 e. The molecule has 0 spiro atoms. The summed E-state index contributed by atoms with van der Waals surface area (Å²) in [6, 6.07) is 1.90. The SMILES string of the molecule is CNc1nccc(CN)c1OC1CC1. The summed E-state index contributed by atoms with van der Waals surface area (Å²) in [6.45, 7) is 0.485. The first-order valence-electron chi connectivity index (χ1n) is 4.87. The highest BCUT2D eigenvalue weighted by molar-refractivity contribution is 5.54. The van der Waals surface area contributed by atoms with Gasteiger partial charge in [-0.25, -0.2) is 4.98 Å². The maximum atomic E-state index is 5.76. The van der Waals surface area contributed by atoms with Gasteiger partial charge in [0.2, 0.25) is 0 Å². The van der Waals surface area contributed by atoms with Crippen LogP contribution in [0.2, 0.25) is 0 Å². The van der Waals surface area contributed by atoms with Gasteiger partial charge in [-0.2, -0.15) is 0 Å². The molecular formula is C10H15N3O. The molecule has 1 heterocycles. The predicted octanol–water partition coefficient (Wildman–Crippen LogP) is 1.12. The molecule has 1 aliphatic rings. The van der Waals surface area contributed by atoms with E-state index in [9.17, 15) is 0 Å². The third-order valence-corrected chi connectivity index (χ3v) is 2.25. The van der Waals surface area contributed by atoms with E-state index in [4.69, 9.17) is 10.5 Å². The van der Waals surface area contributed by atoms with Crippen LogP contribution in [0, 0.1) is 0 Å². The van der Waals surface area contributed by atoms with Crippen LogP contribution in [-0.4, -0.2) is 18.1 Å². The first-order chi connectivity index (χ1) is 6.85. The van der Waals surface area contributed by atoms with Gasteiger partial charge in [0.25, 0.3) is 0 Å². The maximum absolute atomic E-state index is 5.76. The first-order valence-corrected chi connectivity index (χ1v) is 4.87. The van der Waals surface area contributed by atoms with E-state index in [1.54, 1.807) is 6.20 Å². The number of aromatic nitrogens is 1. The minimum Gasteiger partial charge on any atom is -0.486 e. The molecular weight excluding hydrogens is 178 g/mol. The largest absolute Gasteiger partial charge is 0.486 e. The van der Waals surface area contributed by atoms with Gasteiger partial charge in [-0.05, 0) is 18.9 Å². The zero-order chi connectivity index (χ0) is 9.97. The van der Waals surface area contributed by atoms with Crippen molar-refractivity contribution in [2.75, 3.05) is 12.4 Å². The first kappa shape index (κ1) is 9.27. The standard InChI is InChI=1S/C10H15N3O/c1-12-10-9(14-8-2-3-8)7(6-11)4-5-13-10/h4-5,8H,2-3,6,11H2,1H3,(H,12,13). The molecule has 1 fully saturated rings. The topological polar surface area (TPSA) is 60.2 Å². The van der Waals surface area contributed by atoms with Crippen molar-refractivity contribution in [3.8, 4) is 5.75 Å². The molecule has 0 aliphatic heterocycles. The zero-order valence-corrected chi connectivity index (χ0v) is 8.29. The number of nitrogens with one attached hydrogen (secondary N) is 1. The van der Waals surface area contributed by atoms with Crippen LogP contribution in [0.3, 0.4) is 0 Å². The monoisotopic (exact) mass is 193 g/mol. The Hall–Kier alpha value is -1.29. The van der Waals surface area contributed by atoms with Crippen LogP contribution in [0.4, 0.5) is 5.82 Å². The minimum atomic E-state index is 0.372. The fourth-order valence-electron chi connectivity index (χ4n) is 1.31. The van der Waals surface area contributed by atoms with E-state index in [0.717, 1.165) is 30.0 Å². The molecule has 1 aromatic heterocycles. The third-order valence-electron chi connectivity index (χ3n) is 2.25. The number of hydrogen-bond acceptors (Lipinski definition) is 4. The highest BCUT2D eigenvalue weighted by Crippen LogP contribution is 2.33. The lowest BCUT2D eigenvalue weighted by Gasteiger charge is -2.12. The lowest BCUT2D eigenvalue weighted by atomic mass is 10.2. The molecule has 1 saturated carbocycles. The van der Waals surface area contributed by atoms with Crippen LogP contribution < -0.4 is 15.8 Å². The Balaban J connectivity index is 2.29. The summed E-state index contributed by atoms with van der Waals surface area (Å²) >= 11 is 0. The zero-order valence-electron chi connectivity index (χ0n) is 8.29. The summed E-state index contributed by atoms with van der Waals surface area (Å²) in [5, 5.41) is 3.01. The fraction of sp³-hybridized carbons (Fsp3) is 0.500. The molecule has 0 amide bonds. The number of rotatable bonds is 4. The van der Waals surface area contributed by atoms with E-state index in [1.165, 1.54) is 0 Å². The van der Waals surface area contributed by atoms with Crippen molar-refractivity contribution in [2.45, 2.75) is 25.5 Å². The molecule has 1 aromatic rings. The van der Waals surface area contributed by atoms with Gasteiger partial charge in [0, 0.05) is 25.4 Å². The normalized spacial score (nSPS) is 15.3. The van der Waals surface area contributed by atoms with Crippen LogP contribution in [0.15, 0.2) is 12.3 Å². The lowest BCUT2D eigenvalue weighted by molar-refractivity contribution is 0.300. The average Bonchev–Trinajstić information content (AvgIpc) is 3.02. The second-order valence-electron chi connectivity index (χ2n) is 3.42. The summed E-state index contributed by atoms with van der Waals surface area (Å²) in [5.74, 6) is 1.60. The van der Waals surface area contributed by atoms with Gasteiger partial charge in [0.05, 0.1) is 6.10 Å². The molecule has 14 heavy (non-hydrogen) atoms. The minimum absolute atomic E-state index is 0.372. The second kappa shape index (κ2) is 3.84. The van der Waals surface area contributed by atoms with E-state index < -0.39 is 0 Å². The number of hydrogen-bond donors (Lipinski definition) is 2. The predicted molar refractivity (Wildman–Crippen MR) is 55.3 cm³/mol. The molecule has 4 heteroatoms. The van der Waals surface area contributed by atoms with Gasteiger partial charge in [-0.15, -0.1) is 0 Å². The molecule has 0 saturated heterocycles. The number of nitrogens with two attached hydrogens (primary N) is 1. The van der Waals surface area contributed by atoms with Crippen molar-refractivity contribution >= 4 is 5.82 Å². The Morgan fingerprint density at radius 2 is 2.43 bits per heavy atom. The summed E-state index contributed by atoms with van der Waals surface area (Å²) < 4.78 is 5.76. The van der Waals surface area contributed by atoms with Crippen molar-refractivity contribution in [3.05, 3.63) is 17.8 Å². The van der Waals surface area contributed by atoms with Gasteiger partial charge in [-0.1, -0.05) is 0 Å². The van der Waals surface area contributed by atoms with Gasteiger partial charge < -0.3 is 15.8 Å². The molecule has 0 aromatic carbocycles. The number of pyridine rings is 1. The highest BCUT2D eigenvalue weighted by atomic mass is 16.5. The third kappa shape index (κ3) is 1.80. The van der Waals surface area contributed by atoms with Gasteiger partial charge in [0.15, 0.2) is 11.6 Å². The van der Waals surface area contributed by atoms with E-state index >= 15 is 0 Å². The molecule has 0 radical (unpaired) electrons. The molecule has 0 unspecified atom stereocenters. The summed E-state index contributed by atoms with van der Waals surface area (Å²) in [5.41, 5.74) is 6.65. The Kier molecular flexibility index (Phi) is 2.54. The molecule has 2 rings (SSSR count). The van der Waals surface area contributed by atoms with E-state index in [0.29, 0.717) is 12.6 Å². The fourth-order valence-corrected chi connectivity index (χ4v) is 1.31. The quantitative estimate of drug-likeness (QED) is 0.752. The Labute approximate surface area is 83.5 Å². The van der Waals surface area contributed by atoms with E-state index in [2.05, 4.69) is 10.3 Å². The highest BCUT2D eigenvalue weighted by Gasteiger charge is 2.25. The second-order valence-corrected chi connectivity index (χ2v) is 3.42. The molecule has 1 aliphatic carbocycles. The van der Waals surface area contributed by atoms with Gasteiger partial charge in [0.1, 0.15) is 0 Å². The molecule has 0 atom stereocenters. The number of anilines is 1. The Morgan fingerprint density at radius 3 is 3.00 bits per heavy atom. The average molecular weight is 193 g/mol. The summed E-state index contributed by atoms with van der Waals surface area (Å²) in [7, 11) is 1.84. The lowest BCUT2D eigenvalue weighted by Crippen LogP contribution is -2.07. The molecule has 0 bridgehead atoms. The van der Waals surface area contributed by atoms with Gasteiger partial charge >= 0.3 is 0 Å². The van der Waals surface area contributed by atoms with Crippen molar-refractivity contribution in [3.63, 3.8) is 0 Å². The summed E-state index contributed by atoms with van der Waals surface area (Å²) in [4.78, 5) is 4.19. The molecule has 76 valence electrons. The van der Waals surface area contributed by atoms with Crippen LogP contribution in [0.1, 0.15) is 18.4 Å². The van der Waals surface area contributed by atoms with E-state index in [1.807, 2.05) is 13.1 Å². The maximum Gasteiger partial charge on any atom is 0.168 e. The summed E-state index contributed by atoms with van der Waals surface area (Å²) in [6.07, 6.45) is 4.40. The number of nitrogens with zero attached hydrogens (tertiary/aromatic N) is 1. The van der Waals surface area contributed by atoms with Crippen molar-refractivity contribution in [1.29, 1.82) is 0 Å². The Morgan fingerprint density at radius 1 is 1.64 bits per heavy atom. The molecule has 4 nitrogen and oxygen atoms in total. The van der Waals surface area contributed by atoms with Crippen LogP contribution in [-0.2, 0) is 6.54 Å². The van der Waals surface area contributed by atoms with E-state index in [-0.39, 0.29) is 0 Å². The van der Waals surface area contributed by atoms with Crippen LogP contribution in [0.5, 0.6) is 5.75 Å². The van der Waals surface area contributed by atoms with Crippen molar-refractivity contribution in [1.82, 2.24) is 4.98 Å². The molecule has 3 N–H and O–H groups in total. The van der Waals surface area contributed by atoms with Crippen LogP contribution in [0.25, 0.3) is 0 Å².